The number of amides is 1. The summed E-state index contributed by atoms with van der Waals surface area (Å²) in [5.74, 6) is 0.0131. The van der Waals surface area contributed by atoms with E-state index in [2.05, 4.69) is 5.10 Å². The summed E-state index contributed by atoms with van der Waals surface area (Å²) in [5, 5.41) is 4.11. The predicted molar refractivity (Wildman–Crippen MR) is 79.8 cm³/mol. The number of aromatic nitrogens is 2. The van der Waals surface area contributed by atoms with Crippen molar-refractivity contribution in [2.75, 3.05) is 26.0 Å². The van der Waals surface area contributed by atoms with Crippen LogP contribution in [0.2, 0.25) is 0 Å². The number of carbonyl (C=O) groups is 1. The number of benzene rings is 1. The molecule has 1 heterocycles. The van der Waals surface area contributed by atoms with Gasteiger partial charge in [0.15, 0.2) is 0 Å². The van der Waals surface area contributed by atoms with Crippen molar-refractivity contribution in [1.82, 2.24) is 14.7 Å². The number of aryl methyl sites for hydroxylation is 1. The number of hydrogen-bond donors (Lipinski definition) is 0. The molecule has 20 heavy (non-hydrogen) atoms. The average molecular weight is 272 g/mol. The Labute approximate surface area is 119 Å². The monoisotopic (exact) mass is 272 g/mol. The maximum Gasteiger partial charge on any atom is 0.253 e. The minimum Gasteiger partial charge on any atom is -0.378 e. The second-order valence-electron chi connectivity index (χ2n) is 5.12. The number of carbonyl (C=O) groups excluding carboxylic acids is 1. The van der Waals surface area contributed by atoms with Gasteiger partial charge in [0.1, 0.15) is 0 Å². The van der Waals surface area contributed by atoms with Crippen LogP contribution in [0.4, 0.5) is 5.69 Å². The van der Waals surface area contributed by atoms with Crippen LogP contribution >= 0.6 is 0 Å². The largest absolute Gasteiger partial charge is 0.378 e. The lowest BCUT2D eigenvalue weighted by Gasteiger charge is -2.17. The molecule has 0 aliphatic rings. The number of anilines is 1. The lowest BCUT2D eigenvalue weighted by molar-refractivity contribution is 0.0785. The quantitative estimate of drug-likeness (QED) is 0.851. The lowest BCUT2D eigenvalue weighted by atomic mass is 10.1. The standard InChI is InChI=1S/C15H20N4O/c1-17(2)14-7-5-13(6-8-14)15(20)18(3)10-12-9-16-19(4)11-12/h5-9,11H,10H2,1-4H3. The minimum atomic E-state index is 0.0131. The molecule has 1 aromatic heterocycles. The molecule has 5 heteroatoms. The van der Waals surface area contributed by atoms with Gasteiger partial charge in [-0.1, -0.05) is 0 Å². The summed E-state index contributed by atoms with van der Waals surface area (Å²) in [6.45, 7) is 0.558. The molecule has 1 amide bonds. The van der Waals surface area contributed by atoms with Crippen LogP contribution in [0.15, 0.2) is 36.7 Å². The van der Waals surface area contributed by atoms with Crippen LogP contribution in [-0.2, 0) is 13.6 Å². The second-order valence-corrected chi connectivity index (χ2v) is 5.12. The Morgan fingerprint density at radius 1 is 1.20 bits per heavy atom. The van der Waals surface area contributed by atoms with Crippen LogP contribution in [-0.4, -0.2) is 41.7 Å². The molecule has 0 fully saturated rings. The van der Waals surface area contributed by atoms with E-state index >= 15 is 0 Å². The molecule has 0 spiro atoms. The van der Waals surface area contributed by atoms with Crippen molar-refractivity contribution in [2.45, 2.75) is 6.54 Å². The van der Waals surface area contributed by atoms with Gasteiger partial charge in [-0.25, -0.2) is 0 Å². The highest BCUT2D eigenvalue weighted by molar-refractivity contribution is 5.94. The van der Waals surface area contributed by atoms with E-state index in [0.717, 1.165) is 11.3 Å². The highest BCUT2D eigenvalue weighted by atomic mass is 16.2. The Kier molecular flexibility index (Phi) is 4.08. The van der Waals surface area contributed by atoms with Gasteiger partial charge in [0.05, 0.1) is 6.20 Å². The summed E-state index contributed by atoms with van der Waals surface area (Å²) in [6, 6.07) is 7.62. The first-order valence-corrected chi connectivity index (χ1v) is 6.48. The van der Waals surface area contributed by atoms with Gasteiger partial charge in [-0.2, -0.15) is 5.10 Å². The molecule has 0 radical (unpaired) electrons. The highest BCUT2D eigenvalue weighted by Gasteiger charge is 2.12. The Hall–Kier alpha value is -2.30. The first kappa shape index (κ1) is 14.1. The molecule has 0 aliphatic heterocycles. The average Bonchev–Trinajstić information content (AvgIpc) is 2.83. The van der Waals surface area contributed by atoms with Crippen LogP contribution < -0.4 is 4.90 Å². The maximum atomic E-state index is 12.3. The van der Waals surface area contributed by atoms with Gasteiger partial charge in [-0.15, -0.1) is 0 Å². The van der Waals surface area contributed by atoms with Gasteiger partial charge < -0.3 is 9.80 Å². The number of rotatable bonds is 4. The van der Waals surface area contributed by atoms with Gasteiger partial charge >= 0.3 is 0 Å². The van der Waals surface area contributed by atoms with Gasteiger partial charge in [0.2, 0.25) is 0 Å². The number of nitrogens with zero attached hydrogens (tertiary/aromatic N) is 4. The van der Waals surface area contributed by atoms with E-state index in [1.807, 2.05) is 56.5 Å². The third-order valence-electron chi connectivity index (χ3n) is 3.16. The second kappa shape index (κ2) is 5.77. The van der Waals surface area contributed by atoms with E-state index in [4.69, 9.17) is 0 Å². The Bertz CT molecular complexity index is 586. The lowest BCUT2D eigenvalue weighted by Crippen LogP contribution is -2.26. The van der Waals surface area contributed by atoms with Crippen molar-refractivity contribution in [3.8, 4) is 0 Å². The molecular formula is C15H20N4O. The van der Waals surface area contributed by atoms with Crippen LogP contribution in [0, 0.1) is 0 Å². The van der Waals surface area contributed by atoms with E-state index in [0.29, 0.717) is 12.1 Å². The molecule has 2 rings (SSSR count). The predicted octanol–water partition coefficient (Wildman–Crippen LogP) is 1.76. The number of hydrogen-bond acceptors (Lipinski definition) is 3. The van der Waals surface area contributed by atoms with Crippen molar-refractivity contribution in [1.29, 1.82) is 0 Å². The Morgan fingerprint density at radius 3 is 2.35 bits per heavy atom. The zero-order chi connectivity index (χ0) is 14.7. The molecule has 0 bridgehead atoms. The maximum absolute atomic E-state index is 12.3. The van der Waals surface area contributed by atoms with Gasteiger partial charge in [-0.3, -0.25) is 9.48 Å². The highest BCUT2D eigenvalue weighted by Crippen LogP contribution is 2.14. The van der Waals surface area contributed by atoms with Crippen molar-refractivity contribution >= 4 is 11.6 Å². The smallest absolute Gasteiger partial charge is 0.253 e. The van der Waals surface area contributed by atoms with Gasteiger partial charge in [0.25, 0.3) is 5.91 Å². The zero-order valence-corrected chi connectivity index (χ0v) is 12.4. The van der Waals surface area contributed by atoms with Crippen LogP contribution in [0.25, 0.3) is 0 Å². The van der Waals surface area contributed by atoms with E-state index < -0.39 is 0 Å². The molecular weight excluding hydrogens is 252 g/mol. The fourth-order valence-electron chi connectivity index (χ4n) is 2.02. The SMILES string of the molecule is CN(Cc1cnn(C)c1)C(=O)c1ccc(N(C)C)cc1. The summed E-state index contributed by atoms with van der Waals surface area (Å²) < 4.78 is 1.74. The van der Waals surface area contributed by atoms with Crippen LogP contribution in [0.1, 0.15) is 15.9 Å². The van der Waals surface area contributed by atoms with Crippen molar-refractivity contribution in [3.63, 3.8) is 0 Å². The summed E-state index contributed by atoms with van der Waals surface area (Å²) in [4.78, 5) is 16.0. The Morgan fingerprint density at radius 2 is 1.85 bits per heavy atom. The normalized spacial score (nSPS) is 10.4. The van der Waals surface area contributed by atoms with E-state index in [1.54, 1.807) is 22.8 Å². The van der Waals surface area contributed by atoms with Gasteiger partial charge in [-0.05, 0) is 24.3 Å². The molecule has 106 valence electrons. The molecule has 0 unspecified atom stereocenters. The fourth-order valence-corrected chi connectivity index (χ4v) is 2.02. The van der Waals surface area contributed by atoms with Crippen LogP contribution in [0.3, 0.4) is 0 Å². The van der Waals surface area contributed by atoms with Crippen LogP contribution in [0.5, 0.6) is 0 Å². The molecule has 0 N–H and O–H groups in total. The fraction of sp³-hybridized carbons (Fsp3) is 0.333. The minimum absolute atomic E-state index is 0.0131. The molecule has 0 saturated carbocycles. The van der Waals surface area contributed by atoms with E-state index in [1.165, 1.54) is 0 Å². The van der Waals surface area contributed by atoms with E-state index in [9.17, 15) is 4.79 Å². The zero-order valence-electron chi connectivity index (χ0n) is 12.4. The van der Waals surface area contributed by atoms with Crippen molar-refractivity contribution < 1.29 is 4.79 Å². The molecule has 2 aromatic rings. The van der Waals surface area contributed by atoms with E-state index in [-0.39, 0.29) is 5.91 Å². The summed E-state index contributed by atoms with van der Waals surface area (Å²) in [5.41, 5.74) is 2.80. The molecule has 0 atom stereocenters. The summed E-state index contributed by atoms with van der Waals surface area (Å²) in [7, 11) is 7.62. The Balaban J connectivity index is 2.06. The topological polar surface area (TPSA) is 41.4 Å². The third-order valence-corrected chi connectivity index (χ3v) is 3.16. The molecule has 0 aliphatic carbocycles. The van der Waals surface area contributed by atoms with Gasteiger partial charge in [0, 0.05) is 57.7 Å². The first-order valence-electron chi connectivity index (χ1n) is 6.48. The summed E-state index contributed by atoms with van der Waals surface area (Å²) in [6.07, 6.45) is 3.69. The third kappa shape index (κ3) is 3.17. The van der Waals surface area contributed by atoms with Crippen molar-refractivity contribution in [3.05, 3.63) is 47.8 Å². The van der Waals surface area contributed by atoms with Crippen molar-refractivity contribution in [2.24, 2.45) is 7.05 Å². The molecule has 5 nitrogen and oxygen atoms in total. The molecule has 0 saturated heterocycles. The first-order chi connectivity index (χ1) is 9.47. The molecule has 1 aromatic carbocycles. The summed E-state index contributed by atoms with van der Waals surface area (Å²) >= 11 is 0.